The van der Waals surface area contributed by atoms with Gasteiger partial charge in [-0.3, -0.25) is 9.89 Å². The molecule has 170 valence electrons. The maximum atomic E-state index is 10.6. The molecule has 30 heavy (non-hydrogen) atoms. The highest BCUT2D eigenvalue weighted by molar-refractivity contribution is 14.0. The summed E-state index contributed by atoms with van der Waals surface area (Å²) in [6.45, 7) is 6.19. The summed E-state index contributed by atoms with van der Waals surface area (Å²) < 4.78 is 10.8. The van der Waals surface area contributed by atoms with Crippen molar-refractivity contribution in [1.82, 2.24) is 15.5 Å². The van der Waals surface area contributed by atoms with Crippen LogP contribution in [0.2, 0.25) is 0 Å². The van der Waals surface area contributed by atoms with Crippen LogP contribution in [0.25, 0.3) is 0 Å². The van der Waals surface area contributed by atoms with Gasteiger partial charge in [0.1, 0.15) is 11.5 Å². The largest absolute Gasteiger partial charge is 0.497 e. The Morgan fingerprint density at radius 3 is 2.47 bits per heavy atom. The third-order valence-electron chi connectivity index (χ3n) is 5.84. The first-order chi connectivity index (χ1) is 14.0. The summed E-state index contributed by atoms with van der Waals surface area (Å²) in [5.74, 6) is 2.45. The van der Waals surface area contributed by atoms with Crippen LogP contribution in [-0.2, 0) is 6.54 Å². The number of guanidine groups is 1. The Morgan fingerprint density at radius 1 is 1.20 bits per heavy atom. The van der Waals surface area contributed by atoms with E-state index >= 15 is 0 Å². The van der Waals surface area contributed by atoms with Crippen molar-refractivity contribution >= 4 is 29.9 Å². The van der Waals surface area contributed by atoms with Crippen LogP contribution in [0.5, 0.6) is 11.5 Å². The minimum absolute atomic E-state index is 0. The van der Waals surface area contributed by atoms with Crippen LogP contribution in [0.4, 0.5) is 0 Å². The lowest BCUT2D eigenvalue weighted by molar-refractivity contribution is 0.0574. The zero-order valence-electron chi connectivity index (χ0n) is 18.4. The molecule has 1 atom stereocenters. The number of methoxy groups -OCH3 is 2. The summed E-state index contributed by atoms with van der Waals surface area (Å²) in [5.41, 5.74) is 0.570. The van der Waals surface area contributed by atoms with Gasteiger partial charge < -0.3 is 25.2 Å². The number of nitrogens with one attached hydrogen (secondary N) is 2. The van der Waals surface area contributed by atoms with E-state index in [-0.39, 0.29) is 24.0 Å². The molecule has 2 fully saturated rings. The zero-order chi connectivity index (χ0) is 20.7. The van der Waals surface area contributed by atoms with Crippen LogP contribution in [0.3, 0.4) is 0 Å². The lowest BCUT2D eigenvalue weighted by atomic mass is 10.0. The predicted octanol–water partition coefficient (Wildman–Crippen LogP) is 2.76. The summed E-state index contributed by atoms with van der Waals surface area (Å²) in [6.07, 6.45) is 4.98. The van der Waals surface area contributed by atoms with E-state index in [1.54, 1.807) is 14.2 Å². The average Bonchev–Trinajstić information content (AvgIpc) is 3.35. The van der Waals surface area contributed by atoms with Gasteiger partial charge in [0.15, 0.2) is 5.96 Å². The summed E-state index contributed by atoms with van der Waals surface area (Å²) >= 11 is 0. The van der Waals surface area contributed by atoms with E-state index in [1.165, 1.54) is 5.56 Å². The number of aliphatic imine (C=N–C) groups is 1. The fourth-order valence-electron chi connectivity index (χ4n) is 4.24. The number of hydrogen-bond acceptors (Lipinski definition) is 5. The van der Waals surface area contributed by atoms with Crippen molar-refractivity contribution in [1.29, 1.82) is 0 Å². The van der Waals surface area contributed by atoms with Crippen molar-refractivity contribution in [3.05, 3.63) is 23.8 Å². The summed E-state index contributed by atoms with van der Waals surface area (Å²) in [4.78, 5) is 7.11. The number of halogens is 1. The molecule has 1 unspecified atom stereocenters. The van der Waals surface area contributed by atoms with Gasteiger partial charge in [-0.1, -0.05) is 12.8 Å². The number of rotatable bonds is 8. The molecule has 0 bridgehead atoms. The van der Waals surface area contributed by atoms with E-state index < -0.39 is 5.60 Å². The van der Waals surface area contributed by atoms with Crippen molar-refractivity contribution in [3.63, 3.8) is 0 Å². The first-order valence-electron chi connectivity index (χ1n) is 10.7. The van der Waals surface area contributed by atoms with E-state index in [9.17, 15) is 5.11 Å². The third-order valence-corrected chi connectivity index (χ3v) is 5.84. The molecule has 3 rings (SSSR count). The monoisotopic (exact) mass is 532 g/mol. The molecule has 2 aliphatic rings. The first-order valence-corrected chi connectivity index (χ1v) is 10.7. The van der Waals surface area contributed by atoms with Crippen LogP contribution < -0.4 is 20.1 Å². The maximum absolute atomic E-state index is 10.6. The van der Waals surface area contributed by atoms with Crippen molar-refractivity contribution in [2.75, 3.05) is 40.4 Å². The number of likely N-dealkylation sites (tertiary alicyclic amines) is 1. The normalized spacial score (nSPS) is 21.2. The highest BCUT2D eigenvalue weighted by Crippen LogP contribution is 2.29. The Labute approximate surface area is 197 Å². The molecule has 1 saturated heterocycles. The average molecular weight is 532 g/mol. The van der Waals surface area contributed by atoms with Crippen molar-refractivity contribution in [2.45, 2.75) is 57.2 Å². The Kier molecular flexibility index (Phi) is 9.96. The lowest BCUT2D eigenvalue weighted by Crippen LogP contribution is -2.45. The Bertz CT molecular complexity index is 673. The second-order valence-corrected chi connectivity index (χ2v) is 8.21. The highest BCUT2D eigenvalue weighted by Gasteiger charge is 2.31. The maximum Gasteiger partial charge on any atom is 0.191 e. The first kappa shape index (κ1) is 25.0. The van der Waals surface area contributed by atoms with Crippen molar-refractivity contribution < 1.29 is 14.6 Å². The van der Waals surface area contributed by atoms with Gasteiger partial charge >= 0.3 is 0 Å². The Balaban J connectivity index is 0.00000320. The highest BCUT2D eigenvalue weighted by atomic mass is 127. The molecule has 7 nitrogen and oxygen atoms in total. The number of aliphatic hydroxyl groups is 1. The van der Waals surface area contributed by atoms with Crippen LogP contribution >= 0.6 is 24.0 Å². The summed E-state index contributed by atoms with van der Waals surface area (Å²) in [6, 6.07) is 6.38. The van der Waals surface area contributed by atoms with Crippen LogP contribution in [-0.4, -0.2) is 68.0 Å². The second kappa shape index (κ2) is 12.0. The SMILES string of the molecule is CCNC(=NCC1(O)CCCC1)NC1CCN(Cc2cc(OC)cc(OC)c2)C1.I. The fraction of sp³-hybridized carbons (Fsp3) is 0.682. The van der Waals surface area contributed by atoms with Crippen LogP contribution in [0, 0.1) is 0 Å². The van der Waals surface area contributed by atoms with Gasteiger partial charge in [-0.25, -0.2) is 0 Å². The molecule has 3 N–H and O–H groups in total. The molecule has 1 aliphatic carbocycles. The molecule has 1 aromatic rings. The van der Waals surface area contributed by atoms with Gasteiger partial charge in [0.2, 0.25) is 0 Å². The molecule has 8 heteroatoms. The van der Waals surface area contributed by atoms with Crippen molar-refractivity contribution in [2.24, 2.45) is 4.99 Å². The van der Waals surface area contributed by atoms with Gasteiger partial charge in [0.25, 0.3) is 0 Å². The molecule has 0 aromatic heterocycles. The van der Waals surface area contributed by atoms with Gasteiger partial charge in [0.05, 0.1) is 26.4 Å². The summed E-state index contributed by atoms with van der Waals surface area (Å²) in [7, 11) is 3.36. The van der Waals surface area contributed by atoms with Gasteiger partial charge in [-0.2, -0.15) is 0 Å². The molecule has 1 saturated carbocycles. The van der Waals surface area contributed by atoms with Crippen LogP contribution in [0.1, 0.15) is 44.6 Å². The molecule has 0 radical (unpaired) electrons. The van der Waals surface area contributed by atoms with Gasteiger partial charge in [0, 0.05) is 38.3 Å². The van der Waals surface area contributed by atoms with Gasteiger partial charge in [-0.15, -0.1) is 24.0 Å². The van der Waals surface area contributed by atoms with E-state index in [2.05, 4.69) is 39.6 Å². The number of hydrogen-bond donors (Lipinski definition) is 3. The third kappa shape index (κ3) is 7.16. The Hall–Kier alpha value is -1.26. The number of ether oxygens (including phenoxy) is 2. The molecule has 1 heterocycles. The molecule has 0 spiro atoms. The summed E-state index contributed by atoms with van der Waals surface area (Å²) in [5, 5.41) is 17.4. The molecule has 1 aromatic carbocycles. The zero-order valence-corrected chi connectivity index (χ0v) is 20.8. The number of nitrogens with zero attached hydrogens (tertiary/aromatic N) is 2. The van der Waals surface area contributed by atoms with Crippen LogP contribution in [0.15, 0.2) is 23.2 Å². The number of benzene rings is 1. The predicted molar refractivity (Wildman–Crippen MR) is 131 cm³/mol. The second-order valence-electron chi connectivity index (χ2n) is 8.21. The van der Waals surface area contributed by atoms with E-state index in [1.807, 2.05) is 6.07 Å². The molecular weight excluding hydrogens is 495 g/mol. The quantitative estimate of drug-likeness (QED) is 0.272. The molecule has 1 aliphatic heterocycles. The topological polar surface area (TPSA) is 78.4 Å². The minimum atomic E-state index is -0.616. The van der Waals surface area contributed by atoms with E-state index in [0.717, 1.165) is 75.7 Å². The van der Waals surface area contributed by atoms with Crippen molar-refractivity contribution in [3.8, 4) is 11.5 Å². The van der Waals surface area contributed by atoms with Gasteiger partial charge in [-0.05, 0) is 43.9 Å². The molecule has 0 amide bonds. The lowest BCUT2D eigenvalue weighted by Gasteiger charge is -2.22. The Morgan fingerprint density at radius 2 is 1.87 bits per heavy atom. The molecular formula is C22H37IN4O3. The standard InChI is InChI=1S/C22H36N4O3.HI/c1-4-23-21(24-16-22(27)8-5-6-9-22)25-18-7-10-26(15-18)14-17-11-19(28-2)13-20(12-17)29-3;/h11-13,18,27H,4-10,14-16H2,1-3H3,(H2,23,24,25);1H. The van der Waals surface area contributed by atoms with E-state index in [4.69, 9.17) is 9.47 Å². The smallest absolute Gasteiger partial charge is 0.191 e. The van der Waals surface area contributed by atoms with E-state index in [0.29, 0.717) is 12.6 Å². The minimum Gasteiger partial charge on any atom is -0.497 e. The fourth-order valence-corrected chi connectivity index (χ4v) is 4.24.